The van der Waals surface area contributed by atoms with Crippen LogP contribution in [0.1, 0.15) is 25.7 Å². The summed E-state index contributed by atoms with van der Waals surface area (Å²) < 4.78 is 4.93. The number of carbonyl (C=O) groups is 1. The number of carbonyl (C=O) groups excluding carboxylic acids is 1. The second-order valence-electron chi connectivity index (χ2n) is 5.17. The van der Waals surface area contributed by atoms with Crippen molar-refractivity contribution in [2.45, 2.75) is 25.7 Å². The summed E-state index contributed by atoms with van der Waals surface area (Å²) in [6, 6.07) is 0. The lowest BCUT2D eigenvalue weighted by Gasteiger charge is -2.06. The quantitative estimate of drug-likeness (QED) is 0.687. The molecule has 1 amide bonds. The molecular formula is C13H25ClN2O2. The van der Waals surface area contributed by atoms with Gasteiger partial charge in [0.05, 0.1) is 6.61 Å². The molecule has 0 bridgehead atoms. The zero-order valence-corrected chi connectivity index (χ0v) is 11.9. The van der Waals surface area contributed by atoms with Crippen LogP contribution in [-0.2, 0) is 9.53 Å². The molecule has 0 aliphatic heterocycles. The first-order chi connectivity index (χ1) is 8.34. The van der Waals surface area contributed by atoms with Crippen molar-refractivity contribution >= 4 is 18.3 Å². The molecule has 0 heterocycles. The maximum atomic E-state index is 11.9. The van der Waals surface area contributed by atoms with E-state index in [2.05, 4.69) is 10.6 Å². The van der Waals surface area contributed by atoms with Gasteiger partial charge in [0.2, 0.25) is 5.91 Å². The Balaban J connectivity index is 0.00000162. The Labute approximate surface area is 116 Å². The minimum atomic E-state index is 0. The van der Waals surface area contributed by atoms with E-state index in [1.807, 2.05) is 0 Å². The molecule has 0 aromatic heterocycles. The Morgan fingerprint density at radius 3 is 2.44 bits per heavy atom. The summed E-state index contributed by atoms with van der Waals surface area (Å²) in [6.45, 7) is 3.14. The molecule has 2 saturated carbocycles. The molecule has 0 radical (unpaired) electrons. The fourth-order valence-electron chi connectivity index (χ4n) is 3.07. The Morgan fingerprint density at radius 2 is 1.83 bits per heavy atom. The van der Waals surface area contributed by atoms with Gasteiger partial charge in [-0.25, -0.2) is 0 Å². The SMILES string of the molecule is COCCNCCNC(=O)C1C2CCCCC21.Cl. The van der Waals surface area contributed by atoms with E-state index in [1.54, 1.807) is 7.11 Å². The predicted octanol–water partition coefficient (Wildman–Crippen LogP) is 1.20. The minimum absolute atomic E-state index is 0. The monoisotopic (exact) mass is 276 g/mol. The normalized spacial score (nSPS) is 29.1. The third kappa shape index (κ3) is 4.11. The van der Waals surface area contributed by atoms with Crippen molar-refractivity contribution in [1.29, 1.82) is 0 Å². The maximum absolute atomic E-state index is 11.9. The van der Waals surface area contributed by atoms with Gasteiger partial charge >= 0.3 is 0 Å². The van der Waals surface area contributed by atoms with Crippen LogP contribution in [0.2, 0.25) is 0 Å². The average molecular weight is 277 g/mol. The first kappa shape index (κ1) is 15.7. The van der Waals surface area contributed by atoms with Gasteiger partial charge in [-0.3, -0.25) is 4.79 Å². The number of amides is 1. The van der Waals surface area contributed by atoms with Gasteiger partial charge in [-0.1, -0.05) is 12.8 Å². The molecule has 4 nitrogen and oxygen atoms in total. The average Bonchev–Trinajstić information content (AvgIpc) is 3.07. The number of hydrogen-bond acceptors (Lipinski definition) is 3. The van der Waals surface area contributed by atoms with Crippen molar-refractivity contribution in [3.05, 3.63) is 0 Å². The van der Waals surface area contributed by atoms with Crippen molar-refractivity contribution in [3.8, 4) is 0 Å². The van der Waals surface area contributed by atoms with Crippen LogP contribution >= 0.6 is 12.4 Å². The van der Waals surface area contributed by atoms with Crippen LogP contribution in [-0.4, -0.2) is 39.3 Å². The second-order valence-corrected chi connectivity index (χ2v) is 5.17. The van der Waals surface area contributed by atoms with Crippen molar-refractivity contribution in [2.24, 2.45) is 17.8 Å². The number of fused-ring (bicyclic) bond motifs is 1. The van der Waals surface area contributed by atoms with E-state index < -0.39 is 0 Å². The Kier molecular flexibility index (Phi) is 6.97. The van der Waals surface area contributed by atoms with Gasteiger partial charge in [0.25, 0.3) is 0 Å². The summed E-state index contributed by atoms with van der Waals surface area (Å²) in [7, 11) is 1.69. The van der Waals surface area contributed by atoms with Crippen molar-refractivity contribution < 1.29 is 9.53 Å². The van der Waals surface area contributed by atoms with Gasteiger partial charge in [-0.15, -0.1) is 12.4 Å². The highest BCUT2D eigenvalue weighted by molar-refractivity contribution is 5.85. The highest BCUT2D eigenvalue weighted by Crippen LogP contribution is 2.55. The largest absolute Gasteiger partial charge is 0.383 e. The summed E-state index contributed by atoms with van der Waals surface area (Å²) in [5.74, 6) is 2.06. The van der Waals surface area contributed by atoms with E-state index in [0.29, 0.717) is 17.8 Å². The van der Waals surface area contributed by atoms with Crippen LogP contribution in [0.3, 0.4) is 0 Å². The third-order valence-electron chi connectivity index (χ3n) is 4.04. The van der Waals surface area contributed by atoms with Crippen molar-refractivity contribution in [2.75, 3.05) is 33.4 Å². The highest BCUT2D eigenvalue weighted by Gasteiger charge is 2.54. The second kappa shape index (κ2) is 7.97. The Hall–Kier alpha value is -0.320. The van der Waals surface area contributed by atoms with Crippen LogP contribution in [0, 0.1) is 17.8 Å². The first-order valence-electron chi connectivity index (χ1n) is 6.82. The molecule has 106 valence electrons. The lowest BCUT2D eigenvalue weighted by molar-refractivity contribution is -0.122. The fraction of sp³-hybridized carbons (Fsp3) is 0.923. The lowest BCUT2D eigenvalue weighted by Crippen LogP contribution is -2.34. The van der Waals surface area contributed by atoms with Crippen LogP contribution < -0.4 is 10.6 Å². The van der Waals surface area contributed by atoms with E-state index in [0.717, 1.165) is 26.2 Å². The lowest BCUT2D eigenvalue weighted by atomic mass is 10.0. The molecular weight excluding hydrogens is 252 g/mol. The number of nitrogens with one attached hydrogen (secondary N) is 2. The molecule has 2 atom stereocenters. The number of hydrogen-bond donors (Lipinski definition) is 2. The van der Waals surface area contributed by atoms with Crippen LogP contribution in [0.15, 0.2) is 0 Å². The summed E-state index contributed by atoms with van der Waals surface area (Å²) >= 11 is 0. The number of halogens is 1. The number of rotatable bonds is 7. The van der Waals surface area contributed by atoms with Crippen molar-refractivity contribution in [1.82, 2.24) is 10.6 Å². The smallest absolute Gasteiger partial charge is 0.223 e. The molecule has 18 heavy (non-hydrogen) atoms. The first-order valence-corrected chi connectivity index (χ1v) is 6.82. The maximum Gasteiger partial charge on any atom is 0.223 e. The molecule has 2 rings (SSSR count). The zero-order chi connectivity index (χ0) is 12.1. The number of ether oxygens (including phenoxy) is 1. The molecule has 0 saturated heterocycles. The van der Waals surface area contributed by atoms with Crippen LogP contribution in [0.5, 0.6) is 0 Å². The van der Waals surface area contributed by atoms with E-state index >= 15 is 0 Å². The molecule has 2 fully saturated rings. The van der Waals surface area contributed by atoms with Gasteiger partial charge in [-0.2, -0.15) is 0 Å². The van der Waals surface area contributed by atoms with E-state index in [-0.39, 0.29) is 18.3 Å². The topological polar surface area (TPSA) is 50.4 Å². The zero-order valence-electron chi connectivity index (χ0n) is 11.1. The minimum Gasteiger partial charge on any atom is -0.383 e. The summed E-state index contributed by atoms with van der Waals surface area (Å²) in [5, 5.41) is 6.26. The van der Waals surface area contributed by atoms with Gasteiger partial charge in [0, 0.05) is 32.7 Å². The van der Waals surface area contributed by atoms with Crippen LogP contribution in [0.25, 0.3) is 0 Å². The summed E-state index contributed by atoms with van der Waals surface area (Å²) in [6.07, 6.45) is 5.19. The molecule has 0 spiro atoms. The predicted molar refractivity (Wildman–Crippen MR) is 73.9 cm³/mol. The summed E-state index contributed by atoms with van der Waals surface area (Å²) in [4.78, 5) is 11.9. The molecule has 2 unspecified atom stereocenters. The van der Waals surface area contributed by atoms with E-state index in [1.165, 1.54) is 25.7 Å². The van der Waals surface area contributed by atoms with Gasteiger partial charge in [0.1, 0.15) is 0 Å². The van der Waals surface area contributed by atoms with Crippen LogP contribution in [0.4, 0.5) is 0 Å². The van der Waals surface area contributed by atoms with Gasteiger partial charge in [0.15, 0.2) is 0 Å². The van der Waals surface area contributed by atoms with E-state index in [9.17, 15) is 4.79 Å². The third-order valence-corrected chi connectivity index (χ3v) is 4.04. The highest BCUT2D eigenvalue weighted by atomic mass is 35.5. The molecule has 5 heteroatoms. The fourth-order valence-corrected chi connectivity index (χ4v) is 3.07. The standard InChI is InChI=1S/C13H24N2O2.ClH/c1-17-9-8-14-6-7-15-13(16)12-10-4-2-3-5-11(10)12;/h10-12,14H,2-9H2,1H3,(H,15,16);1H. The molecule has 2 N–H and O–H groups in total. The van der Waals surface area contributed by atoms with E-state index in [4.69, 9.17) is 4.74 Å². The van der Waals surface area contributed by atoms with Gasteiger partial charge in [-0.05, 0) is 24.7 Å². The van der Waals surface area contributed by atoms with Crippen molar-refractivity contribution in [3.63, 3.8) is 0 Å². The van der Waals surface area contributed by atoms with Gasteiger partial charge < -0.3 is 15.4 Å². The number of methoxy groups -OCH3 is 1. The summed E-state index contributed by atoms with van der Waals surface area (Å²) in [5.41, 5.74) is 0. The Morgan fingerprint density at radius 1 is 1.17 bits per heavy atom. The molecule has 0 aromatic rings. The molecule has 2 aliphatic carbocycles. The Bertz CT molecular complexity index is 251. The molecule has 2 aliphatic rings. The molecule has 0 aromatic carbocycles.